The van der Waals surface area contributed by atoms with Crippen LogP contribution in [0.3, 0.4) is 0 Å². The Kier molecular flexibility index (Phi) is 5.90. The predicted molar refractivity (Wildman–Crippen MR) is 146 cm³/mol. The number of hydrogen-bond acceptors (Lipinski definition) is 4. The number of aromatic amines is 2. The summed E-state index contributed by atoms with van der Waals surface area (Å²) in [5.74, 6) is 0.193. The van der Waals surface area contributed by atoms with Gasteiger partial charge in [0.25, 0.3) is 0 Å². The van der Waals surface area contributed by atoms with E-state index in [0.717, 1.165) is 62.0 Å². The highest BCUT2D eigenvalue weighted by atomic mass is 19.1. The van der Waals surface area contributed by atoms with Crippen molar-refractivity contribution in [1.29, 1.82) is 0 Å². The SMILES string of the molecule is CN(C)CCOc1cc(F)cc(-c2cccc3[nH]c(-c4n[nH]c5ccc(-c6ccncc6)cc45)cc23)c1. The van der Waals surface area contributed by atoms with Crippen molar-refractivity contribution in [2.75, 3.05) is 27.2 Å². The molecule has 7 heteroatoms. The summed E-state index contributed by atoms with van der Waals surface area (Å²) in [5, 5.41) is 9.78. The average molecular weight is 492 g/mol. The summed E-state index contributed by atoms with van der Waals surface area (Å²) in [6.45, 7) is 1.24. The van der Waals surface area contributed by atoms with E-state index in [9.17, 15) is 4.39 Å². The smallest absolute Gasteiger partial charge is 0.127 e. The molecule has 0 aliphatic heterocycles. The lowest BCUT2D eigenvalue weighted by molar-refractivity contribution is 0.260. The Morgan fingerprint density at radius 1 is 0.838 bits per heavy atom. The number of fused-ring (bicyclic) bond motifs is 2. The molecular formula is C30H26FN5O. The first-order valence-electron chi connectivity index (χ1n) is 12.1. The molecule has 0 bridgehead atoms. The maximum absolute atomic E-state index is 14.6. The van der Waals surface area contributed by atoms with Crippen LogP contribution in [0.1, 0.15) is 0 Å². The summed E-state index contributed by atoms with van der Waals surface area (Å²) < 4.78 is 20.4. The number of H-pyrrole nitrogens is 2. The van der Waals surface area contributed by atoms with Gasteiger partial charge in [-0.2, -0.15) is 5.10 Å². The molecule has 0 amide bonds. The minimum atomic E-state index is -0.327. The van der Waals surface area contributed by atoms with Crippen LogP contribution >= 0.6 is 0 Å². The molecule has 0 spiro atoms. The molecule has 6 aromatic rings. The van der Waals surface area contributed by atoms with Crippen molar-refractivity contribution >= 4 is 21.8 Å². The quantitative estimate of drug-likeness (QED) is 0.267. The molecule has 0 aliphatic carbocycles. The Morgan fingerprint density at radius 3 is 2.54 bits per heavy atom. The number of rotatable bonds is 7. The Bertz CT molecular complexity index is 1700. The number of aromatic nitrogens is 4. The molecule has 0 unspecified atom stereocenters. The fraction of sp³-hybridized carbons (Fsp3) is 0.133. The van der Waals surface area contributed by atoms with Gasteiger partial charge in [-0.05, 0) is 84.9 Å². The van der Waals surface area contributed by atoms with Gasteiger partial charge in [-0.3, -0.25) is 10.1 Å². The van der Waals surface area contributed by atoms with Gasteiger partial charge in [0.1, 0.15) is 23.9 Å². The van der Waals surface area contributed by atoms with Crippen molar-refractivity contribution in [3.05, 3.63) is 91.0 Å². The number of nitrogens with one attached hydrogen (secondary N) is 2. The number of likely N-dealkylation sites (N-methyl/N-ethyl adjacent to an activating group) is 1. The van der Waals surface area contributed by atoms with Crippen LogP contribution in [0, 0.1) is 5.82 Å². The van der Waals surface area contributed by atoms with Crippen LogP contribution in [0.2, 0.25) is 0 Å². The third kappa shape index (κ3) is 4.57. The highest BCUT2D eigenvalue weighted by Gasteiger charge is 2.15. The Labute approximate surface area is 213 Å². The van der Waals surface area contributed by atoms with Crippen molar-refractivity contribution in [1.82, 2.24) is 25.1 Å². The van der Waals surface area contributed by atoms with E-state index in [1.165, 1.54) is 6.07 Å². The van der Waals surface area contributed by atoms with Crippen LogP contribution in [0.5, 0.6) is 5.75 Å². The number of hydrogen-bond donors (Lipinski definition) is 2. The monoisotopic (exact) mass is 491 g/mol. The van der Waals surface area contributed by atoms with Gasteiger partial charge in [-0.15, -0.1) is 0 Å². The summed E-state index contributed by atoms with van der Waals surface area (Å²) in [4.78, 5) is 9.66. The fourth-order valence-electron chi connectivity index (χ4n) is 4.63. The highest BCUT2D eigenvalue weighted by Crippen LogP contribution is 2.36. The maximum atomic E-state index is 14.6. The van der Waals surface area contributed by atoms with E-state index in [1.54, 1.807) is 18.5 Å². The van der Waals surface area contributed by atoms with Crippen molar-refractivity contribution in [2.24, 2.45) is 0 Å². The van der Waals surface area contributed by atoms with Gasteiger partial charge >= 0.3 is 0 Å². The summed E-state index contributed by atoms with van der Waals surface area (Å²) in [5.41, 5.74) is 7.51. The predicted octanol–water partition coefficient (Wildman–Crippen LogP) is 6.52. The lowest BCUT2D eigenvalue weighted by Crippen LogP contribution is -2.19. The second kappa shape index (κ2) is 9.52. The van der Waals surface area contributed by atoms with Crippen molar-refractivity contribution in [3.8, 4) is 39.4 Å². The first-order valence-corrected chi connectivity index (χ1v) is 12.1. The molecule has 3 heterocycles. The lowest BCUT2D eigenvalue weighted by Gasteiger charge is -2.12. The maximum Gasteiger partial charge on any atom is 0.127 e. The van der Waals surface area contributed by atoms with E-state index in [0.29, 0.717) is 12.4 Å². The first kappa shape index (κ1) is 22.9. The van der Waals surface area contributed by atoms with Gasteiger partial charge in [0, 0.05) is 41.3 Å². The Morgan fingerprint density at radius 2 is 1.70 bits per heavy atom. The Hall–Kier alpha value is -4.49. The fourth-order valence-corrected chi connectivity index (χ4v) is 4.63. The minimum Gasteiger partial charge on any atom is -0.492 e. The zero-order valence-corrected chi connectivity index (χ0v) is 20.6. The van der Waals surface area contributed by atoms with Crippen LogP contribution in [0.25, 0.3) is 55.4 Å². The van der Waals surface area contributed by atoms with Crippen molar-refractivity contribution in [3.63, 3.8) is 0 Å². The minimum absolute atomic E-state index is 0.327. The summed E-state index contributed by atoms with van der Waals surface area (Å²) in [6, 6.07) is 23.2. The Balaban J connectivity index is 1.41. The van der Waals surface area contributed by atoms with Gasteiger partial charge in [-0.25, -0.2) is 4.39 Å². The van der Waals surface area contributed by atoms with E-state index in [2.05, 4.69) is 38.4 Å². The van der Waals surface area contributed by atoms with E-state index in [4.69, 9.17) is 4.74 Å². The molecule has 0 atom stereocenters. The molecule has 0 aliphatic rings. The van der Waals surface area contributed by atoms with Crippen LogP contribution in [-0.2, 0) is 0 Å². The van der Waals surface area contributed by atoms with Crippen LogP contribution < -0.4 is 4.74 Å². The molecule has 0 radical (unpaired) electrons. The molecule has 0 saturated carbocycles. The molecule has 184 valence electrons. The van der Waals surface area contributed by atoms with E-state index in [-0.39, 0.29) is 5.82 Å². The topological polar surface area (TPSA) is 69.8 Å². The molecule has 6 nitrogen and oxygen atoms in total. The molecule has 0 saturated heterocycles. The van der Waals surface area contributed by atoms with E-state index >= 15 is 0 Å². The zero-order valence-electron chi connectivity index (χ0n) is 20.6. The van der Waals surface area contributed by atoms with Gasteiger partial charge < -0.3 is 14.6 Å². The normalized spacial score (nSPS) is 11.6. The molecule has 0 fully saturated rings. The molecule has 6 rings (SSSR count). The first-order chi connectivity index (χ1) is 18.0. The van der Waals surface area contributed by atoms with Gasteiger partial charge in [0.05, 0.1) is 11.2 Å². The molecule has 3 aromatic carbocycles. The number of halogens is 1. The van der Waals surface area contributed by atoms with Crippen molar-refractivity contribution < 1.29 is 9.13 Å². The van der Waals surface area contributed by atoms with Crippen LogP contribution in [0.4, 0.5) is 4.39 Å². The molecule has 2 N–H and O–H groups in total. The second-order valence-corrected chi connectivity index (χ2v) is 9.35. The standard InChI is InChI=1S/C30H26FN5O/c1-36(2)12-13-37-23-15-21(14-22(31)17-23)24-4-3-5-27-25(24)18-29(33-27)30-26-16-20(6-7-28(26)34-35-30)19-8-10-32-11-9-19/h3-11,14-18,33H,12-13H2,1-2H3,(H,34,35). The zero-order chi connectivity index (χ0) is 25.4. The number of nitrogens with zero attached hydrogens (tertiary/aromatic N) is 3. The van der Waals surface area contributed by atoms with Crippen LogP contribution in [-0.4, -0.2) is 52.3 Å². The average Bonchev–Trinajstić information content (AvgIpc) is 3.52. The summed E-state index contributed by atoms with van der Waals surface area (Å²) >= 11 is 0. The van der Waals surface area contributed by atoms with Gasteiger partial charge in [0.2, 0.25) is 0 Å². The van der Waals surface area contributed by atoms with E-state index < -0.39 is 0 Å². The van der Waals surface area contributed by atoms with Crippen LogP contribution in [0.15, 0.2) is 85.2 Å². The highest BCUT2D eigenvalue weighted by molar-refractivity contribution is 6.02. The van der Waals surface area contributed by atoms with Gasteiger partial charge in [-0.1, -0.05) is 18.2 Å². The third-order valence-corrected chi connectivity index (χ3v) is 6.49. The van der Waals surface area contributed by atoms with E-state index in [1.807, 2.05) is 61.5 Å². The lowest BCUT2D eigenvalue weighted by atomic mass is 10.0. The second-order valence-electron chi connectivity index (χ2n) is 9.35. The third-order valence-electron chi connectivity index (χ3n) is 6.49. The molecule has 37 heavy (non-hydrogen) atoms. The van der Waals surface area contributed by atoms with Crippen molar-refractivity contribution in [2.45, 2.75) is 0 Å². The van der Waals surface area contributed by atoms with Gasteiger partial charge in [0.15, 0.2) is 0 Å². The number of ether oxygens (including phenoxy) is 1. The summed E-state index contributed by atoms with van der Waals surface area (Å²) in [7, 11) is 3.96. The number of benzene rings is 3. The number of pyridine rings is 1. The molecule has 3 aromatic heterocycles. The largest absolute Gasteiger partial charge is 0.492 e. The molecular weight excluding hydrogens is 465 g/mol. The summed E-state index contributed by atoms with van der Waals surface area (Å²) in [6.07, 6.45) is 3.58.